The number of carbonyl (C=O) groups excluding carboxylic acids is 1. The van der Waals surface area contributed by atoms with Gasteiger partial charge in [0.05, 0.1) is 5.92 Å². The molecule has 26 heavy (non-hydrogen) atoms. The van der Waals surface area contributed by atoms with Crippen LogP contribution in [0.1, 0.15) is 55.6 Å². The number of aromatic nitrogens is 1. The van der Waals surface area contributed by atoms with Crippen molar-refractivity contribution in [2.24, 2.45) is 5.92 Å². The summed E-state index contributed by atoms with van der Waals surface area (Å²) in [5.41, 5.74) is 2.66. The number of piperidine rings is 1. The highest BCUT2D eigenvalue weighted by Crippen LogP contribution is 2.28. The normalized spacial score (nSPS) is 20.4. The maximum atomic E-state index is 12.8. The van der Waals surface area contributed by atoms with E-state index in [0.29, 0.717) is 24.5 Å². The molecule has 1 aliphatic heterocycles. The van der Waals surface area contributed by atoms with Crippen LogP contribution in [0.25, 0.3) is 10.6 Å². The van der Waals surface area contributed by atoms with Gasteiger partial charge in [-0.2, -0.15) is 0 Å². The molecule has 1 aliphatic rings. The Morgan fingerprint density at radius 3 is 2.54 bits per heavy atom. The van der Waals surface area contributed by atoms with Gasteiger partial charge in [0.1, 0.15) is 10.7 Å². The van der Waals surface area contributed by atoms with Crippen LogP contribution in [0, 0.1) is 5.92 Å². The predicted molar refractivity (Wildman–Crippen MR) is 102 cm³/mol. The lowest BCUT2D eigenvalue weighted by Crippen LogP contribution is -2.47. The van der Waals surface area contributed by atoms with Crippen molar-refractivity contribution in [3.63, 3.8) is 0 Å². The number of nitrogens with zero attached hydrogens (tertiary/aromatic N) is 2. The number of rotatable bonds is 4. The minimum absolute atomic E-state index is 0.0357. The molecule has 1 fully saturated rings. The fourth-order valence-corrected chi connectivity index (χ4v) is 4.05. The van der Waals surface area contributed by atoms with E-state index in [1.54, 1.807) is 10.3 Å². The van der Waals surface area contributed by atoms with E-state index in [4.69, 9.17) is 0 Å². The van der Waals surface area contributed by atoms with Crippen LogP contribution in [0.15, 0.2) is 29.6 Å². The SMILES string of the molecule is CC(C)c1ccc(-c2nc(C(=O)N3CC(C(=O)O)CCC3C)cs2)cc1. The third kappa shape index (κ3) is 3.80. The van der Waals surface area contributed by atoms with Crippen LogP contribution < -0.4 is 0 Å². The summed E-state index contributed by atoms with van der Waals surface area (Å²) in [5.74, 6) is -1.03. The van der Waals surface area contributed by atoms with E-state index < -0.39 is 11.9 Å². The van der Waals surface area contributed by atoms with E-state index in [-0.39, 0.29) is 18.5 Å². The van der Waals surface area contributed by atoms with Crippen molar-refractivity contribution in [2.45, 2.75) is 45.6 Å². The lowest BCUT2D eigenvalue weighted by atomic mass is 9.93. The van der Waals surface area contributed by atoms with Crippen LogP contribution in [0.3, 0.4) is 0 Å². The van der Waals surface area contributed by atoms with Crippen molar-refractivity contribution in [2.75, 3.05) is 6.54 Å². The number of aliphatic carboxylic acids is 1. The number of carboxylic acids is 1. The zero-order valence-electron chi connectivity index (χ0n) is 15.3. The maximum absolute atomic E-state index is 12.8. The molecular weight excluding hydrogens is 348 g/mol. The van der Waals surface area contributed by atoms with Crippen LogP contribution in [0.4, 0.5) is 0 Å². The minimum Gasteiger partial charge on any atom is -0.481 e. The van der Waals surface area contributed by atoms with Crippen LogP contribution >= 0.6 is 11.3 Å². The average molecular weight is 372 g/mol. The molecule has 1 amide bonds. The molecule has 5 nitrogen and oxygen atoms in total. The summed E-state index contributed by atoms with van der Waals surface area (Å²) >= 11 is 1.44. The molecule has 1 aromatic carbocycles. The van der Waals surface area contributed by atoms with Gasteiger partial charge < -0.3 is 10.0 Å². The van der Waals surface area contributed by atoms with E-state index in [1.165, 1.54) is 16.9 Å². The Bertz CT molecular complexity index is 798. The van der Waals surface area contributed by atoms with Crippen LogP contribution in [-0.4, -0.2) is 39.5 Å². The molecule has 0 saturated carbocycles. The fraction of sp³-hybridized carbons (Fsp3) is 0.450. The van der Waals surface area contributed by atoms with Gasteiger partial charge in [-0.3, -0.25) is 9.59 Å². The number of thiazole rings is 1. The van der Waals surface area contributed by atoms with Crippen molar-refractivity contribution < 1.29 is 14.7 Å². The number of benzene rings is 1. The second-order valence-corrected chi connectivity index (χ2v) is 8.09. The molecule has 2 atom stereocenters. The zero-order valence-corrected chi connectivity index (χ0v) is 16.1. The molecule has 1 saturated heterocycles. The number of likely N-dealkylation sites (tertiary alicyclic amines) is 1. The number of hydrogen-bond donors (Lipinski definition) is 1. The molecule has 2 unspecified atom stereocenters. The third-order valence-corrected chi connectivity index (χ3v) is 5.93. The second-order valence-electron chi connectivity index (χ2n) is 7.23. The lowest BCUT2D eigenvalue weighted by Gasteiger charge is -2.36. The number of carboxylic acid groups (broad SMARTS) is 1. The second kappa shape index (κ2) is 7.58. The Balaban J connectivity index is 1.78. The molecule has 1 aromatic heterocycles. The molecular formula is C20H24N2O3S. The fourth-order valence-electron chi connectivity index (χ4n) is 3.25. The molecule has 6 heteroatoms. The first-order chi connectivity index (χ1) is 12.4. The minimum atomic E-state index is -0.834. The Hall–Kier alpha value is -2.21. The van der Waals surface area contributed by atoms with Gasteiger partial charge >= 0.3 is 5.97 Å². The first-order valence-electron chi connectivity index (χ1n) is 8.96. The molecule has 0 aliphatic carbocycles. The Morgan fingerprint density at radius 1 is 1.23 bits per heavy atom. The van der Waals surface area contributed by atoms with Crippen molar-refractivity contribution >= 4 is 23.2 Å². The molecule has 0 bridgehead atoms. The Labute approximate surface area is 157 Å². The van der Waals surface area contributed by atoms with Gasteiger partial charge in [0.25, 0.3) is 5.91 Å². The molecule has 0 radical (unpaired) electrons. The van der Waals surface area contributed by atoms with Crippen LogP contribution in [0.5, 0.6) is 0 Å². The van der Waals surface area contributed by atoms with E-state index in [1.807, 2.05) is 19.1 Å². The Morgan fingerprint density at radius 2 is 1.92 bits per heavy atom. The third-order valence-electron chi connectivity index (χ3n) is 5.04. The highest BCUT2D eigenvalue weighted by molar-refractivity contribution is 7.13. The van der Waals surface area contributed by atoms with Crippen molar-refractivity contribution in [1.29, 1.82) is 0 Å². The molecule has 0 spiro atoms. The predicted octanol–water partition coefficient (Wildman–Crippen LogP) is 4.26. The molecule has 1 N–H and O–H groups in total. The summed E-state index contributed by atoms with van der Waals surface area (Å²) in [6, 6.07) is 8.28. The summed E-state index contributed by atoms with van der Waals surface area (Å²) in [6.07, 6.45) is 1.32. The van der Waals surface area contributed by atoms with Gasteiger partial charge in [-0.1, -0.05) is 38.1 Å². The molecule has 2 aromatic rings. The average Bonchev–Trinajstić information content (AvgIpc) is 3.11. The number of amides is 1. The topological polar surface area (TPSA) is 70.5 Å². The standard InChI is InChI=1S/C20H24N2O3S/c1-12(2)14-6-8-15(9-7-14)18-21-17(11-26-18)19(23)22-10-16(20(24)25)5-4-13(22)3/h6-9,11-13,16H,4-5,10H2,1-3H3,(H,24,25). The van der Waals surface area contributed by atoms with Gasteiger partial charge in [-0.05, 0) is 31.2 Å². The van der Waals surface area contributed by atoms with Gasteiger partial charge in [0.2, 0.25) is 0 Å². The summed E-state index contributed by atoms with van der Waals surface area (Å²) in [4.78, 5) is 30.3. The van der Waals surface area contributed by atoms with E-state index >= 15 is 0 Å². The van der Waals surface area contributed by atoms with Gasteiger partial charge in [-0.15, -0.1) is 11.3 Å². The number of carbonyl (C=O) groups is 2. The van der Waals surface area contributed by atoms with Crippen molar-refractivity contribution in [3.8, 4) is 10.6 Å². The highest BCUT2D eigenvalue weighted by Gasteiger charge is 2.33. The molecule has 3 rings (SSSR count). The van der Waals surface area contributed by atoms with E-state index in [2.05, 4.69) is 31.0 Å². The first-order valence-corrected chi connectivity index (χ1v) is 9.84. The molecule has 138 valence electrons. The van der Waals surface area contributed by atoms with E-state index in [9.17, 15) is 14.7 Å². The summed E-state index contributed by atoms with van der Waals surface area (Å²) in [6.45, 7) is 6.53. The van der Waals surface area contributed by atoms with Crippen LogP contribution in [-0.2, 0) is 4.79 Å². The largest absolute Gasteiger partial charge is 0.481 e. The maximum Gasteiger partial charge on any atom is 0.308 e. The van der Waals surface area contributed by atoms with E-state index in [0.717, 1.165) is 10.6 Å². The highest BCUT2D eigenvalue weighted by atomic mass is 32.1. The van der Waals surface area contributed by atoms with Crippen molar-refractivity contribution in [3.05, 3.63) is 40.9 Å². The zero-order chi connectivity index (χ0) is 18.8. The first kappa shape index (κ1) is 18.6. The van der Waals surface area contributed by atoms with Gasteiger partial charge in [-0.25, -0.2) is 4.98 Å². The monoisotopic (exact) mass is 372 g/mol. The summed E-state index contributed by atoms with van der Waals surface area (Å²) in [5, 5.41) is 11.8. The van der Waals surface area contributed by atoms with Gasteiger partial charge in [0, 0.05) is 23.5 Å². The Kier molecular flexibility index (Phi) is 5.41. The van der Waals surface area contributed by atoms with Gasteiger partial charge in [0.15, 0.2) is 0 Å². The lowest BCUT2D eigenvalue weighted by molar-refractivity contribution is -0.143. The molecule has 2 heterocycles. The smallest absolute Gasteiger partial charge is 0.308 e. The van der Waals surface area contributed by atoms with Crippen LogP contribution in [0.2, 0.25) is 0 Å². The quantitative estimate of drug-likeness (QED) is 0.870. The van der Waals surface area contributed by atoms with Crippen molar-refractivity contribution in [1.82, 2.24) is 9.88 Å². The number of hydrogen-bond acceptors (Lipinski definition) is 4. The summed E-state index contributed by atoms with van der Waals surface area (Å²) < 4.78 is 0. The summed E-state index contributed by atoms with van der Waals surface area (Å²) in [7, 11) is 0.